The Morgan fingerprint density at radius 1 is 0.926 bits per heavy atom. The SMILES string of the molecule is COc1ccc(Nc2cc(C)nc(NCc3cccc(C)c3)n2)c(OC)c1. The standard InChI is InChI=1S/C21H24N4O2/c1-14-6-5-7-16(10-14)13-22-21-23-15(2)11-20(25-21)24-18-9-8-17(26-3)12-19(18)27-4/h5-12H,13H2,1-4H3,(H2,22,23,24,25). The van der Waals surface area contributed by atoms with Crippen LogP contribution in [0.25, 0.3) is 0 Å². The van der Waals surface area contributed by atoms with E-state index in [0.29, 0.717) is 24.1 Å². The lowest BCUT2D eigenvalue weighted by atomic mass is 10.1. The number of anilines is 3. The Kier molecular flexibility index (Phi) is 5.76. The van der Waals surface area contributed by atoms with Crippen LogP contribution in [0.3, 0.4) is 0 Å². The van der Waals surface area contributed by atoms with Crippen molar-refractivity contribution in [3.05, 3.63) is 65.4 Å². The molecule has 2 N–H and O–H groups in total. The molecule has 0 aliphatic carbocycles. The normalized spacial score (nSPS) is 10.4. The van der Waals surface area contributed by atoms with Gasteiger partial charge in [-0.3, -0.25) is 0 Å². The second-order valence-electron chi connectivity index (χ2n) is 6.25. The molecule has 6 heteroatoms. The number of nitrogens with zero attached hydrogens (tertiary/aromatic N) is 2. The number of methoxy groups -OCH3 is 2. The van der Waals surface area contributed by atoms with Crippen molar-refractivity contribution in [2.45, 2.75) is 20.4 Å². The molecule has 0 bridgehead atoms. The Bertz CT molecular complexity index is 928. The number of ether oxygens (including phenoxy) is 2. The molecule has 0 fully saturated rings. The summed E-state index contributed by atoms with van der Waals surface area (Å²) in [5.74, 6) is 2.68. The van der Waals surface area contributed by atoms with Gasteiger partial charge in [0.25, 0.3) is 0 Å². The summed E-state index contributed by atoms with van der Waals surface area (Å²) < 4.78 is 10.7. The van der Waals surface area contributed by atoms with Crippen molar-refractivity contribution in [2.24, 2.45) is 0 Å². The molecule has 0 atom stereocenters. The minimum Gasteiger partial charge on any atom is -0.497 e. The Labute approximate surface area is 159 Å². The first-order chi connectivity index (χ1) is 13.1. The van der Waals surface area contributed by atoms with Crippen LogP contribution >= 0.6 is 0 Å². The van der Waals surface area contributed by atoms with Gasteiger partial charge >= 0.3 is 0 Å². The molecule has 0 amide bonds. The van der Waals surface area contributed by atoms with E-state index in [-0.39, 0.29) is 0 Å². The summed E-state index contributed by atoms with van der Waals surface area (Å²) in [7, 11) is 3.25. The van der Waals surface area contributed by atoms with Crippen LogP contribution in [-0.4, -0.2) is 24.2 Å². The Hall–Kier alpha value is -3.28. The highest BCUT2D eigenvalue weighted by atomic mass is 16.5. The zero-order valence-corrected chi connectivity index (χ0v) is 16.0. The molecule has 2 aromatic carbocycles. The molecule has 6 nitrogen and oxygen atoms in total. The number of nitrogens with one attached hydrogen (secondary N) is 2. The third-order valence-corrected chi connectivity index (χ3v) is 4.06. The van der Waals surface area contributed by atoms with E-state index in [0.717, 1.165) is 17.1 Å². The highest BCUT2D eigenvalue weighted by Gasteiger charge is 2.08. The predicted molar refractivity (Wildman–Crippen MR) is 108 cm³/mol. The van der Waals surface area contributed by atoms with E-state index in [1.54, 1.807) is 14.2 Å². The number of rotatable bonds is 7. The third kappa shape index (κ3) is 4.88. The topological polar surface area (TPSA) is 68.3 Å². The molecule has 0 radical (unpaired) electrons. The maximum Gasteiger partial charge on any atom is 0.225 e. The Morgan fingerprint density at radius 3 is 2.52 bits per heavy atom. The van der Waals surface area contributed by atoms with Crippen molar-refractivity contribution in [1.29, 1.82) is 0 Å². The summed E-state index contributed by atoms with van der Waals surface area (Å²) in [5.41, 5.74) is 4.09. The van der Waals surface area contributed by atoms with Crippen LogP contribution < -0.4 is 20.1 Å². The van der Waals surface area contributed by atoms with E-state index in [1.807, 2.05) is 37.3 Å². The van der Waals surface area contributed by atoms with Gasteiger partial charge in [-0.2, -0.15) is 4.98 Å². The summed E-state index contributed by atoms with van der Waals surface area (Å²) in [6.07, 6.45) is 0. The van der Waals surface area contributed by atoms with Crippen molar-refractivity contribution in [3.8, 4) is 11.5 Å². The highest BCUT2D eigenvalue weighted by molar-refractivity contribution is 5.66. The number of aryl methyl sites for hydroxylation is 2. The molecular formula is C21H24N4O2. The number of aromatic nitrogens is 2. The van der Waals surface area contributed by atoms with Gasteiger partial charge in [0.2, 0.25) is 5.95 Å². The van der Waals surface area contributed by atoms with E-state index in [9.17, 15) is 0 Å². The molecule has 0 aliphatic heterocycles. The number of hydrogen-bond donors (Lipinski definition) is 2. The highest BCUT2D eigenvalue weighted by Crippen LogP contribution is 2.31. The zero-order chi connectivity index (χ0) is 19.2. The second-order valence-corrected chi connectivity index (χ2v) is 6.25. The van der Waals surface area contributed by atoms with Crippen molar-refractivity contribution in [1.82, 2.24) is 9.97 Å². The minimum atomic E-state index is 0.575. The van der Waals surface area contributed by atoms with Crippen LogP contribution in [0.5, 0.6) is 11.5 Å². The van der Waals surface area contributed by atoms with Gasteiger partial charge in [0, 0.05) is 24.4 Å². The van der Waals surface area contributed by atoms with Gasteiger partial charge in [0.1, 0.15) is 17.3 Å². The molecular weight excluding hydrogens is 340 g/mol. The average Bonchev–Trinajstić information content (AvgIpc) is 2.66. The van der Waals surface area contributed by atoms with Gasteiger partial charge in [-0.15, -0.1) is 0 Å². The summed E-state index contributed by atoms with van der Waals surface area (Å²) >= 11 is 0. The predicted octanol–water partition coefficient (Wildman–Crippen LogP) is 4.47. The van der Waals surface area contributed by atoms with Crippen LogP contribution in [-0.2, 0) is 6.54 Å². The largest absolute Gasteiger partial charge is 0.497 e. The van der Waals surface area contributed by atoms with Gasteiger partial charge < -0.3 is 20.1 Å². The van der Waals surface area contributed by atoms with Crippen LogP contribution in [0.15, 0.2) is 48.5 Å². The maximum atomic E-state index is 5.44. The molecule has 1 aromatic heterocycles. The van der Waals surface area contributed by atoms with Gasteiger partial charge in [-0.25, -0.2) is 4.98 Å². The molecule has 27 heavy (non-hydrogen) atoms. The number of hydrogen-bond acceptors (Lipinski definition) is 6. The van der Waals surface area contributed by atoms with E-state index in [4.69, 9.17) is 9.47 Å². The molecule has 0 spiro atoms. The van der Waals surface area contributed by atoms with Gasteiger partial charge in [-0.05, 0) is 31.5 Å². The van der Waals surface area contributed by atoms with Crippen molar-refractivity contribution in [2.75, 3.05) is 24.9 Å². The molecule has 3 rings (SSSR count). The Morgan fingerprint density at radius 2 is 1.78 bits per heavy atom. The zero-order valence-electron chi connectivity index (χ0n) is 16.0. The molecule has 0 saturated heterocycles. The summed E-state index contributed by atoms with van der Waals surface area (Å²) in [5, 5.41) is 6.58. The van der Waals surface area contributed by atoms with Crippen molar-refractivity contribution in [3.63, 3.8) is 0 Å². The fourth-order valence-corrected chi connectivity index (χ4v) is 2.75. The first kappa shape index (κ1) is 18.5. The van der Waals surface area contributed by atoms with Crippen molar-refractivity contribution < 1.29 is 9.47 Å². The van der Waals surface area contributed by atoms with Crippen LogP contribution in [0.2, 0.25) is 0 Å². The van der Waals surface area contributed by atoms with Crippen LogP contribution in [0, 0.1) is 13.8 Å². The second kappa shape index (κ2) is 8.40. The average molecular weight is 364 g/mol. The maximum absolute atomic E-state index is 5.44. The first-order valence-electron chi connectivity index (χ1n) is 8.71. The van der Waals surface area contributed by atoms with E-state index >= 15 is 0 Å². The van der Waals surface area contributed by atoms with Crippen LogP contribution in [0.1, 0.15) is 16.8 Å². The van der Waals surface area contributed by atoms with E-state index in [1.165, 1.54) is 11.1 Å². The van der Waals surface area contributed by atoms with E-state index in [2.05, 4.69) is 45.7 Å². The Balaban J connectivity index is 1.77. The molecule has 1 heterocycles. The van der Waals surface area contributed by atoms with E-state index < -0.39 is 0 Å². The minimum absolute atomic E-state index is 0.575. The molecule has 0 saturated carbocycles. The third-order valence-electron chi connectivity index (χ3n) is 4.06. The summed E-state index contributed by atoms with van der Waals surface area (Å²) in [6, 6.07) is 15.8. The van der Waals surface area contributed by atoms with Gasteiger partial charge in [0.15, 0.2) is 0 Å². The lowest BCUT2D eigenvalue weighted by molar-refractivity contribution is 0.395. The molecule has 0 aliphatic rings. The van der Waals surface area contributed by atoms with Crippen LogP contribution in [0.4, 0.5) is 17.5 Å². The van der Waals surface area contributed by atoms with Gasteiger partial charge in [-0.1, -0.05) is 29.8 Å². The quantitative estimate of drug-likeness (QED) is 0.645. The molecule has 3 aromatic rings. The first-order valence-corrected chi connectivity index (χ1v) is 8.71. The monoisotopic (exact) mass is 364 g/mol. The number of benzene rings is 2. The van der Waals surface area contributed by atoms with Crippen molar-refractivity contribution >= 4 is 17.5 Å². The van der Waals surface area contributed by atoms with Gasteiger partial charge in [0.05, 0.1) is 19.9 Å². The smallest absolute Gasteiger partial charge is 0.225 e. The summed E-state index contributed by atoms with van der Waals surface area (Å²) in [6.45, 7) is 4.68. The lowest BCUT2D eigenvalue weighted by Gasteiger charge is -2.13. The fraction of sp³-hybridized carbons (Fsp3) is 0.238. The summed E-state index contributed by atoms with van der Waals surface area (Å²) in [4.78, 5) is 9.03. The fourth-order valence-electron chi connectivity index (χ4n) is 2.75. The molecule has 140 valence electrons. The lowest BCUT2D eigenvalue weighted by Crippen LogP contribution is -2.06. The molecule has 0 unspecified atom stereocenters.